The SMILES string of the molecule is O=C(O)CN(c1ccc(F)cc1F)S(=O)(=O)c1ccc(Cl)cc1. The Hall–Kier alpha value is -2.19. The zero-order valence-electron chi connectivity index (χ0n) is 11.4. The Labute approximate surface area is 135 Å². The number of nitrogens with zero attached hydrogens (tertiary/aromatic N) is 1. The summed E-state index contributed by atoms with van der Waals surface area (Å²) in [6, 6.07) is 7.10. The molecule has 0 saturated carbocycles. The first-order valence-electron chi connectivity index (χ1n) is 6.17. The Morgan fingerprint density at radius 1 is 1.13 bits per heavy atom. The van der Waals surface area contributed by atoms with Crippen molar-refractivity contribution in [3.8, 4) is 0 Å². The Morgan fingerprint density at radius 3 is 2.26 bits per heavy atom. The van der Waals surface area contributed by atoms with E-state index in [1.165, 1.54) is 12.1 Å². The molecule has 0 spiro atoms. The predicted octanol–water partition coefficient (Wildman–Crippen LogP) is 2.90. The van der Waals surface area contributed by atoms with Gasteiger partial charge in [-0.05, 0) is 36.4 Å². The fourth-order valence-electron chi connectivity index (χ4n) is 1.84. The highest BCUT2D eigenvalue weighted by Gasteiger charge is 2.29. The zero-order chi connectivity index (χ0) is 17.2. The quantitative estimate of drug-likeness (QED) is 0.888. The van der Waals surface area contributed by atoms with Crippen molar-refractivity contribution in [2.75, 3.05) is 10.8 Å². The molecular formula is C14H10ClF2NO4S. The van der Waals surface area contributed by atoms with Crippen LogP contribution in [0.5, 0.6) is 0 Å². The molecule has 23 heavy (non-hydrogen) atoms. The largest absolute Gasteiger partial charge is 0.480 e. The lowest BCUT2D eigenvalue weighted by Gasteiger charge is -2.23. The maximum absolute atomic E-state index is 13.9. The summed E-state index contributed by atoms with van der Waals surface area (Å²) in [7, 11) is -4.37. The van der Waals surface area contributed by atoms with Crippen molar-refractivity contribution in [3.05, 3.63) is 59.1 Å². The predicted molar refractivity (Wildman–Crippen MR) is 80.0 cm³/mol. The van der Waals surface area contributed by atoms with Crippen LogP contribution in [-0.4, -0.2) is 26.0 Å². The van der Waals surface area contributed by atoms with E-state index in [1.54, 1.807) is 0 Å². The van der Waals surface area contributed by atoms with Gasteiger partial charge in [-0.1, -0.05) is 11.6 Å². The average Bonchev–Trinajstić information content (AvgIpc) is 2.45. The van der Waals surface area contributed by atoms with Crippen LogP contribution in [0.15, 0.2) is 47.4 Å². The van der Waals surface area contributed by atoms with Crippen LogP contribution in [0.25, 0.3) is 0 Å². The van der Waals surface area contributed by atoms with Crippen LogP contribution in [0.4, 0.5) is 14.5 Å². The number of benzene rings is 2. The normalized spacial score (nSPS) is 11.3. The molecule has 0 heterocycles. The summed E-state index contributed by atoms with van der Waals surface area (Å²) in [5, 5.41) is 9.20. The standard InChI is InChI=1S/C14H10ClF2NO4S/c15-9-1-4-11(5-2-9)23(21,22)18(8-14(19)20)13-6-3-10(16)7-12(13)17/h1-7H,8H2,(H,19,20). The molecule has 122 valence electrons. The van der Waals surface area contributed by atoms with Crippen LogP contribution in [0.3, 0.4) is 0 Å². The van der Waals surface area contributed by atoms with Crippen LogP contribution in [0.1, 0.15) is 0 Å². The van der Waals surface area contributed by atoms with Gasteiger partial charge in [-0.25, -0.2) is 17.2 Å². The lowest BCUT2D eigenvalue weighted by atomic mass is 10.3. The van der Waals surface area contributed by atoms with Gasteiger partial charge in [0.15, 0.2) is 0 Å². The third kappa shape index (κ3) is 3.77. The fourth-order valence-corrected chi connectivity index (χ4v) is 3.39. The topological polar surface area (TPSA) is 74.7 Å². The number of carboxylic acid groups (broad SMARTS) is 1. The molecule has 0 bridgehead atoms. The van der Waals surface area contributed by atoms with Crippen molar-refractivity contribution < 1.29 is 27.1 Å². The van der Waals surface area contributed by atoms with Crippen LogP contribution in [0.2, 0.25) is 5.02 Å². The molecule has 9 heteroatoms. The molecular weight excluding hydrogens is 352 g/mol. The van der Waals surface area contributed by atoms with Crippen molar-refractivity contribution in [2.45, 2.75) is 4.90 Å². The molecule has 2 aromatic rings. The van der Waals surface area contributed by atoms with Gasteiger partial charge in [-0.2, -0.15) is 0 Å². The second-order valence-corrected chi connectivity index (χ2v) is 6.75. The van der Waals surface area contributed by atoms with E-state index in [-0.39, 0.29) is 9.92 Å². The summed E-state index contributed by atoms with van der Waals surface area (Å²) in [6.45, 7) is -1.02. The maximum atomic E-state index is 13.9. The van der Waals surface area contributed by atoms with Gasteiger partial charge in [0.2, 0.25) is 0 Å². The van der Waals surface area contributed by atoms with E-state index in [9.17, 15) is 22.0 Å². The Morgan fingerprint density at radius 2 is 1.74 bits per heavy atom. The van der Waals surface area contributed by atoms with Crippen LogP contribution in [-0.2, 0) is 14.8 Å². The molecule has 0 saturated heterocycles. The monoisotopic (exact) mass is 361 g/mol. The number of aliphatic carboxylic acids is 1. The van der Waals surface area contributed by atoms with Crippen molar-refractivity contribution >= 4 is 33.3 Å². The highest BCUT2D eigenvalue weighted by atomic mass is 35.5. The molecule has 1 N–H and O–H groups in total. The van der Waals surface area contributed by atoms with Gasteiger partial charge in [0.05, 0.1) is 10.6 Å². The Bertz CT molecular complexity index is 840. The van der Waals surface area contributed by atoms with Gasteiger partial charge in [-0.3, -0.25) is 9.10 Å². The molecule has 0 amide bonds. The van der Waals surface area contributed by atoms with E-state index in [2.05, 4.69) is 0 Å². The fraction of sp³-hybridized carbons (Fsp3) is 0.0714. The highest BCUT2D eigenvalue weighted by molar-refractivity contribution is 7.92. The number of carboxylic acids is 1. The molecule has 0 aliphatic rings. The number of hydrogen-bond acceptors (Lipinski definition) is 3. The lowest BCUT2D eigenvalue weighted by Crippen LogP contribution is -2.36. The summed E-state index contributed by atoms with van der Waals surface area (Å²) in [4.78, 5) is 10.7. The second kappa shape index (κ2) is 6.51. The average molecular weight is 362 g/mol. The Kier molecular flexibility index (Phi) is 4.86. The highest BCUT2D eigenvalue weighted by Crippen LogP contribution is 2.27. The molecule has 0 aliphatic carbocycles. The van der Waals surface area contributed by atoms with E-state index in [0.717, 1.165) is 24.3 Å². The molecule has 5 nitrogen and oxygen atoms in total. The smallest absolute Gasteiger partial charge is 0.324 e. The number of anilines is 1. The summed E-state index contributed by atoms with van der Waals surface area (Å²) in [5.74, 6) is -3.60. The van der Waals surface area contributed by atoms with Crippen molar-refractivity contribution in [2.24, 2.45) is 0 Å². The summed E-state index contributed by atoms with van der Waals surface area (Å²) < 4.78 is 52.4. The van der Waals surface area contributed by atoms with Gasteiger partial charge in [0.1, 0.15) is 18.2 Å². The van der Waals surface area contributed by atoms with Crippen LogP contribution in [0, 0.1) is 11.6 Å². The lowest BCUT2D eigenvalue weighted by molar-refractivity contribution is -0.135. The van der Waals surface area contributed by atoms with E-state index in [1.807, 2.05) is 0 Å². The van der Waals surface area contributed by atoms with Gasteiger partial charge in [0, 0.05) is 11.1 Å². The number of sulfonamides is 1. The van der Waals surface area contributed by atoms with E-state index >= 15 is 0 Å². The zero-order valence-corrected chi connectivity index (χ0v) is 13.0. The number of halogens is 3. The van der Waals surface area contributed by atoms with Gasteiger partial charge in [0.25, 0.3) is 10.0 Å². The third-order valence-electron chi connectivity index (χ3n) is 2.86. The number of hydrogen-bond donors (Lipinski definition) is 1. The summed E-state index contributed by atoms with van der Waals surface area (Å²) >= 11 is 5.68. The van der Waals surface area contributed by atoms with Gasteiger partial charge >= 0.3 is 5.97 Å². The van der Waals surface area contributed by atoms with E-state index < -0.39 is 39.9 Å². The third-order valence-corrected chi connectivity index (χ3v) is 4.88. The van der Waals surface area contributed by atoms with E-state index in [4.69, 9.17) is 16.7 Å². The molecule has 2 rings (SSSR count). The van der Waals surface area contributed by atoms with Gasteiger partial charge in [-0.15, -0.1) is 0 Å². The van der Waals surface area contributed by atoms with Crippen molar-refractivity contribution in [3.63, 3.8) is 0 Å². The van der Waals surface area contributed by atoms with Crippen LogP contribution >= 0.6 is 11.6 Å². The van der Waals surface area contributed by atoms with Gasteiger partial charge < -0.3 is 5.11 Å². The molecule has 0 atom stereocenters. The minimum Gasteiger partial charge on any atom is -0.480 e. The number of rotatable bonds is 5. The van der Waals surface area contributed by atoms with Crippen molar-refractivity contribution in [1.82, 2.24) is 0 Å². The summed E-state index contributed by atoms with van der Waals surface area (Å²) in [6.07, 6.45) is 0. The first-order chi connectivity index (χ1) is 10.7. The molecule has 0 unspecified atom stereocenters. The first kappa shape index (κ1) is 17.2. The number of carbonyl (C=O) groups is 1. The van der Waals surface area contributed by atoms with Crippen molar-refractivity contribution in [1.29, 1.82) is 0 Å². The first-order valence-corrected chi connectivity index (χ1v) is 7.99. The molecule has 0 aliphatic heterocycles. The molecule has 0 aromatic heterocycles. The minimum atomic E-state index is -4.37. The maximum Gasteiger partial charge on any atom is 0.324 e. The molecule has 0 radical (unpaired) electrons. The Balaban J connectivity index is 2.57. The molecule has 2 aromatic carbocycles. The minimum absolute atomic E-state index is 0.271. The van der Waals surface area contributed by atoms with E-state index in [0.29, 0.717) is 10.4 Å². The second-order valence-electron chi connectivity index (χ2n) is 4.46. The summed E-state index contributed by atoms with van der Waals surface area (Å²) in [5.41, 5.74) is -0.566. The van der Waals surface area contributed by atoms with Crippen LogP contribution < -0.4 is 4.31 Å². The molecule has 0 fully saturated rings.